The number of hydrogen-bond donors (Lipinski definition) is 0. The van der Waals surface area contributed by atoms with Gasteiger partial charge in [-0.2, -0.15) is 0 Å². The molecule has 7 aromatic carbocycles. The zero-order chi connectivity index (χ0) is 45.0. The van der Waals surface area contributed by atoms with E-state index < -0.39 is 0 Å². The molecule has 0 aliphatic heterocycles. The van der Waals surface area contributed by atoms with E-state index in [-0.39, 0.29) is 5.41 Å². The van der Waals surface area contributed by atoms with Crippen molar-refractivity contribution in [2.45, 2.75) is 56.3 Å². The molecule has 7 aromatic rings. The summed E-state index contributed by atoms with van der Waals surface area (Å²) in [7, 11) is 0. The third-order valence-corrected chi connectivity index (χ3v) is 15.4. The topological polar surface area (TPSA) is 3.24 Å². The molecular formula is C67H53N. The van der Waals surface area contributed by atoms with Crippen LogP contribution in [-0.2, 0) is 5.41 Å². The first-order chi connectivity index (χ1) is 33.7. The van der Waals surface area contributed by atoms with Crippen molar-refractivity contribution in [1.29, 1.82) is 0 Å². The Morgan fingerprint density at radius 3 is 1.82 bits per heavy atom. The molecule has 0 aromatic heterocycles. The fraction of sp³-hybridized carbons (Fsp3) is 0.134. The van der Waals surface area contributed by atoms with Crippen molar-refractivity contribution in [2.75, 3.05) is 4.90 Å². The van der Waals surface area contributed by atoms with E-state index in [1.807, 2.05) is 0 Å². The van der Waals surface area contributed by atoms with Crippen LogP contribution in [0, 0.1) is 0 Å². The van der Waals surface area contributed by atoms with Gasteiger partial charge in [-0.25, -0.2) is 0 Å². The predicted molar refractivity (Wildman–Crippen MR) is 287 cm³/mol. The number of nitrogens with zero attached hydrogens (tertiary/aromatic N) is 1. The van der Waals surface area contributed by atoms with Gasteiger partial charge in [-0.3, -0.25) is 0 Å². The Hall–Kier alpha value is -7.74. The molecule has 1 heteroatoms. The van der Waals surface area contributed by atoms with Crippen molar-refractivity contribution in [3.05, 3.63) is 281 Å². The van der Waals surface area contributed by atoms with E-state index in [1.165, 1.54) is 112 Å². The third-order valence-electron chi connectivity index (χ3n) is 15.4. The summed E-state index contributed by atoms with van der Waals surface area (Å²) in [6, 6.07) is 62.2. The molecule has 0 fully saturated rings. The number of anilines is 2. The first-order valence-electron chi connectivity index (χ1n) is 24.8. The molecule has 2 atom stereocenters. The standard InChI is InChI=1S/C67H53N/c1-5-19-46(20-6-1)52-39-53(47-21-7-2-8-22-47)42-57(41-52)68(58-43-54(48-23-9-3-10-24-48)40-55(44-58)49-25-11-4-12-26-49)56-36-33-50(34-37-56)51-35-38-62-61-29-15-18-32-65(61)67(66(62)45-51)63-30-16-13-27-59(63)60-28-14-17-31-64(60)67/h1-11,13,15-23,25,27,29-33,35-36,38-45,48H,12,14,24,26,28,34,37H2. The summed E-state index contributed by atoms with van der Waals surface area (Å²) >= 11 is 0. The Bertz CT molecular complexity index is 3360. The van der Waals surface area contributed by atoms with E-state index in [9.17, 15) is 0 Å². The van der Waals surface area contributed by atoms with Crippen LogP contribution >= 0.6 is 0 Å². The monoisotopic (exact) mass is 871 g/mol. The molecule has 0 saturated heterocycles. The lowest BCUT2D eigenvalue weighted by molar-refractivity contribution is 0.780. The van der Waals surface area contributed by atoms with E-state index in [4.69, 9.17) is 0 Å². The van der Waals surface area contributed by atoms with Gasteiger partial charge in [0.25, 0.3) is 0 Å². The molecule has 0 radical (unpaired) electrons. The van der Waals surface area contributed by atoms with Crippen molar-refractivity contribution in [3.8, 4) is 33.4 Å². The maximum Gasteiger partial charge on any atom is 0.0722 e. The molecule has 1 spiro atoms. The molecule has 0 bridgehead atoms. The second kappa shape index (κ2) is 16.8. The summed E-state index contributed by atoms with van der Waals surface area (Å²) in [5.74, 6) is 0.319. The zero-order valence-corrected chi connectivity index (χ0v) is 38.4. The fourth-order valence-electron chi connectivity index (χ4n) is 12.3. The van der Waals surface area contributed by atoms with E-state index in [0.29, 0.717) is 5.92 Å². The Labute approximate surface area is 401 Å². The minimum Gasteiger partial charge on any atom is -0.314 e. The van der Waals surface area contributed by atoms with Crippen LogP contribution in [0.4, 0.5) is 11.4 Å². The van der Waals surface area contributed by atoms with Crippen molar-refractivity contribution >= 4 is 28.1 Å². The van der Waals surface area contributed by atoms with Gasteiger partial charge in [0.15, 0.2) is 0 Å². The lowest BCUT2D eigenvalue weighted by Crippen LogP contribution is -2.27. The van der Waals surface area contributed by atoms with Gasteiger partial charge >= 0.3 is 0 Å². The number of fused-ring (bicyclic) bond motifs is 9. The van der Waals surface area contributed by atoms with E-state index in [0.717, 1.165) is 44.9 Å². The van der Waals surface area contributed by atoms with E-state index >= 15 is 0 Å². The molecule has 13 rings (SSSR count). The first-order valence-corrected chi connectivity index (χ1v) is 24.8. The van der Waals surface area contributed by atoms with Crippen molar-refractivity contribution in [1.82, 2.24) is 0 Å². The molecule has 68 heavy (non-hydrogen) atoms. The number of hydrogen-bond acceptors (Lipinski definition) is 1. The molecule has 0 saturated carbocycles. The van der Waals surface area contributed by atoms with Crippen LogP contribution in [0.3, 0.4) is 0 Å². The zero-order valence-electron chi connectivity index (χ0n) is 38.4. The molecule has 1 nitrogen and oxygen atoms in total. The number of rotatable bonds is 8. The highest BCUT2D eigenvalue weighted by atomic mass is 15.1. The van der Waals surface area contributed by atoms with Gasteiger partial charge in [-0.1, -0.05) is 188 Å². The van der Waals surface area contributed by atoms with Crippen LogP contribution in [0.5, 0.6) is 0 Å². The van der Waals surface area contributed by atoms with Gasteiger partial charge in [-0.15, -0.1) is 0 Å². The Morgan fingerprint density at radius 1 is 0.426 bits per heavy atom. The smallest absolute Gasteiger partial charge is 0.0722 e. The summed E-state index contributed by atoms with van der Waals surface area (Å²) < 4.78 is 0. The quantitative estimate of drug-likeness (QED) is 0.147. The molecule has 2 unspecified atom stereocenters. The molecule has 0 heterocycles. The summed E-state index contributed by atoms with van der Waals surface area (Å²) in [5.41, 5.74) is 26.4. The molecule has 326 valence electrons. The maximum atomic E-state index is 2.59. The van der Waals surface area contributed by atoms with Gasteiger partial charge in [0.2, 0.25) is 0 Å². The maximum absolute atomic E-state index is 2.59. The molecule has 0 N–H and O–H groups in total. The predicted octanol–water partition coefficient (Wildman–Crippen LogP) is 17.7. The van der Waals surface area contributed by atoms with E-state index in [2.05, 4.69) is 236 Å². The summed E-state index contributed by atoms with van der Waals surface area (Å²) in [6.45, 7) is 0. The Balaban J connectivity index is 0.982. The average Bonchev–Trinajstić information content (AvgIpc) is 3.89. The third kappa shape index (κ3) is 6.75. The normalized spacial score (nSPS) is 19.5. The second-order valence-electron chi connectivity index (χ2n) is 19.2. The van der Waals surface area contributed by atoms with Gasteiger partial charge in [0.1, 0.15) is 0 Å². The highest BCUT2D eigenvalue weighted by Crippen LogP contribution is 2.63. The summed E-state index contributed by atoms with van der Waals surface area (Å²) in [6.07, 6.45) is 32.8. The molecule has 0 amide bonds. The lowest BCUT2D eigenvalue weighted by Gasteiger charge is -2.33. The first kappa shape index (κ1) is 40.5. The SMILES string of the molecule is C1=CCCC(c2cc(C3C=CC=CC3)cc(N(C3=CC=C(c4ccc5c(c4)C4(C6=C(CCC=C6)c6ccccc64)c4ccccc4-5)CC3)c3cc(-c4ccccc4)cc(-c4ccccc4)c3)c2)=C1. The summed E-state index contributed by atoms with van der Waals surface area (Å²) in [5, 5.41) is 0. The van der Waals surface area contributed by atoms with Crippen LogP contribution in [0.25, 0.3) is 50.1 Å². The lowest BCUT2D eigenvalue weighted by atomic mass is 9.68. The van der Waals surface area contributed by atoms with Crippen LogP contribution in [-0.4, -0.2) is 0 Å². The van der Waals surface area contributed by atoms with Gasteiger partial charge in [0.05, 0.1) is 5.41 Å². The van der Waals surface area contributed by atoms with Crippen molar-refractivity contribution in [2.24, 2.45) is 0 Å². The highest BCUT2D eigenvalue weighted by molar-refractivity contribution is 5.97. The van der Waals surface area contributed by atoms with Crippen LogP contribution in [0.1, 0.15) is 89.8 Å². The van der Waals surface area contributed by atoms with Crippen molar-refractivity contribution in [3.63, 3.8) is 0 Å². The van der Waals surface area contributed by atoms with Crippen LogP contribution in [0.2, 0.25) is 0 Å². The Morgan fingerprint density at radius 2 is 1.10 bits per heavy atom. The largest absolute Gasteiger partial charge is 0.314 e. The van der Waals surface area contributed by atoms with E-state index in [1.54, 1.807) is 0 Å². The van der Waals surface area contributed by atoms with Crippen molar-refractivity contribution < 1.29 is 0 Å². The Kier molecular flexibility index (Phi) is 10.0. The van der Waals surface area contributed by atoms with Crippen LogP contribution < -0.4 is 4.90 Å². The minimum absolute atomic E-state index is 0.312. The van der Waals surface area contributed by atoms with Gasteiger partial charge in [0, 0.05) is 23.0 Å². The van der Waals surface area contributed by atoms with Crippen LogP contribution in [0.15, 0.2) is 242 Å². The molecule has 6 aliphatic carbocycles. The number of allylic oxidation sites excluding steroid dienone is 16. The minimum atomic E-state index is -0.312. The fourth-order valence-corrected chi connectivity index (χ4v) is 12.3. The summed E-state index contributed by atoms with van der Waals surface area (Å²) in [4.78, 5) is 2.59. The van der Waals surface area contributed by atoms with Gasteiger partial charge < -0.3 is 4.90 Å². The highest BCUT2D eigenvalue weighted by Gasteiger charge is 2.52. The number of benzene rings is 7. The molecular weight excluding hydrogens is 819 g/mol. The molecule has 6 aliphatic rings. The van der Waals surface area contributed by atoms with Gasteiger partial charge in [-0.05, 0) is 182 Å². The average molecular weight is 872 g/mol. The second-order valence-corrected chi connectivity index (χ2v) is 19.2.